The highest BCUT2D eigenvalue weighted by Crippen LogP contribution is 2.28. The largest absolute Gasteiger partial charge is 0.381 e. The molecule has 0 amide bonds. The van der Waals surface area contributed by atoms with Gasteiger partial charge in [0.05, 0.1) is 4.75 Å². The second-order valence-electron chi connectivity index (χ2n) is 5.48. The minimum absolute atomic E-state index is 0.346. The Bertz CT molecular complexity index is 591. The van der Waals surface area contributed by atoms with E-state index in [0.717, 1.165) is 0 Å². The molecule has 1 aromatic rings. The number of nitrogens with one attached hydrogen (secondary N) is 2. The number of guanidine groups is 1. The van der Waals surface area contributed by atoms with E-state index in [9.17, 15) is 8.42 Å². The molecule has 2 rings (SSSR count). The minimum Gasteiger partial charge on any atom is -0.381 e. The van der Waals surface area contributed by atoms with Gasteiger partial charge in [-0.2, -0.15) is 11.3 Å². The monoisotopic (exact) mass is 345 g/mol. The zero-order valence-electron chi connectivity index (χ0n) is 13.0. The van der Waals surface area contributed by atoms with Gasteiger partial charge in [-0.3, -0.25) is 4.99 Å². The Morgan fingerprint density at radius 1 is 1.41 bits per heavy atom. The highest BCUT2D eigenvalue weighted by Gasteiger charge is 2.42. The molecule has 22 heavy (non-hydrogen) atoms. The van der Waals surface area contributed by atoms with E-state index in [-0.39, 0.29) is 0 Å². The van der Waals surface area contributed by atoms with Crippen LogP contribution in [0.2, 0.25) is 0 Å². The van der Waals surface area contributed by atoms with Crippen LogP contribution >= 0.6 is 11.3 Å². The molecule has 2 heterocycles. The molecule has 6 nitrogen and oxygen atoms in total. The third-order valence-electron chi connectivity index (χ3n) is 4.03. The number of hydrogen-bond acceptors (Lipinski definition) is 5. The van der Waals surface area contributed by atoms with E-state index in [1.165, 1.54) is 11.8 Å². The van der Waals surface area contributed by atoms with Crippen molar-refractivity contribution in [3.8, 4) is 0 Å². The lowest BCUT2D eigenvalue weighted by Gasteiger charge is -2.35. The van der Waals surface area contributed by atoms with Crippen molar-refractivity contribution in [1.82, 2.24) is 10.6 Å². The zero-order chi connectivity index (χ0) is 16.1. The van der Waals surface area contributed by atoms with Gasteiger partial charge >= 0.3 is 0 Å². The van der Waals surface area contributed by atoms with Crippen molar-refractivity contribution in [2.75, 3.05) is 33.1 Å². The summed E-state index contributed by atoms with van der Waals surface area (Å²) in [5.41, 5.74) is 1.18. The fourth-order valence-electron chi connectivity index (χ4n) is 2.47. The topological polar surface area (TPSA) is 79.8 Å². The van der Waals surface area contributed by atoms with Crippen LogP contribution in [0, 0.1) is 0 Å². The number of hydrogen-bond donors (Lipinski definition) is 2. The molecule has 0 atom stereocenters. The van der Waals surface area contributed by atoms with E-state index in [0.29, 0.717) is 45.1 Å². The van der Waals surface area contributed by atoms with Crippen molar-refractivity contribution in [1.29, 1.82) is 0 Å². The first-order valence-corrected chi connectivity index (χ1v) is 10.0. The van der Waals surface area contributed by atoms with Crippen LogP contribution in [0.4, 0.5) is 0 Å². The van der Waals surface area contributed by atoms with Gasteiger partial charge in [-0.15, -0.1) is 0 Å². The molecule has 1 aliphatic rings. The smallest absolute Gasteiger partial charge is 0.191 e. The number of sulfone groups is 1. The molecule has 1 saturated heterocycles. The predicted octanol–water partition coefficient (Wildman–Crippen LogP) is 1.01. The van der Waals surface area contributed by atoms with E-state index >= 15 is 0 Å². The minimum atomic E-state index is -3.17. The zero-order valence-corrected chi connectivity index (χ0v) is 14.6. The van der Waals surface area contributed by atoms with Crippen molar-refractivity contribution in [2.45, 2.75) is 24.1 Å². The Labute approximate surface area is 135 Å². The summed E-state index contributed by atoms with van der Waals surface area (Å²) in [7, 11) is -1.49. The third-order valence-corrected chi connectivity index (χ3v) is 6.89. The first-order chi connectivity index (χ1) is 10.5. The van der Waals surface area contributed by atoms with E-state index in [1.54, 1.807) is 18.4 Å². The molecule has 124 valence electrons. The lowest BCUT2D eigenvalue weighted by molar-refractivity contribution is 0.0756. The summed E-state index contributed by atoms with van der Waals surface area (Å²) in [5.74, 6) is 0.612. The van der Waals surface area contributed by atoms with Gasteiger partial charge in [-0.25, -0.2) is 8.42 Å². The molecular weight excluding hydrogens is 322 g/mol. The number of rotatable bonds is 5. The van der Waals surface area contributed by atoms with Crippen LogP contribution in [0.15, 0.2) is 21.8 Å². The van der Waals surface area contributed by atoms with Crippen LogP contribution in [-0.2, 0) is 21.1 Å². The van der Waals surface area contributed by atoms with E-state index in [2.05, 4.69) is 21.0 Å². The van der Waals surface area contributed by atoms with Crippen LogP contribution in [0.1, 0.15) is 18.4 Å². The molecule has 1 aliphatic heterocycles. The lowest BCUT2D eigenvalue weighted by atomic mass is 9.99. The van der Waals surface area contributed by atoms with Crippen LogP contribution in [0.5, 0.6) is 0 Å². The maximum absolute atomic E-state index is 12.2. The molecule has 0 unspecified atom stereocenters. The Morgan fingerprint density at radius 3 is 2.68 bits per heavy atom. The van der Waals surface area contributed by atoms with Crippen molar-refractivity contribution in [3.63, 3.8) is 0 Å². The SMILES string of the molecule is CN=C(NCc1ccsc1)NCC1(S(C)(=O)=O)CCOCC1. The lowest BCUT2D eigenvalue weighted by Crippen LogP contribution is -2.53. The van der Waals surface area contributed by atoms with Gasteiger partial charge in [-0.05, 0) is 35.2 Å². The standard InChI is InChI=1S/C14H23N3O3S2/c1-15-13(16-9-12-3-8-21-10-12)17-11-14(22(2,18)19)4-6-20-7-5-14/h3,8,10H,4-7,9,11H2,1-2H3,(H2,15,16,17). The summed E-state index contributed by atoms with van der Waals surface area (Å²) < 4.78 is 28.9. The van der Waals surface area contributed by atoms with E-state index < -0.39 is 14.6 Å². The molecule has 0 bridgehead atoms. The number of ether oxygens (including phenoxy) is 1. The van der Waals surface area contributed by atoms with Gasteiger partial charge in [0.25, 0.3) is 0 Å². The Balaban J connectivity index is 1.95. The summed E-state index contributed by atoms with van der Waals surface area (Å²) in [6.45, 7) is 1.97. The fourth-order valence-corrected chi connectivity index (χ4v) is 4.38. The summed E-state index contributed by atoms with van der Waals surface area (Å²) in [5, 5.41) is 10.4. The molecular formula is C14H23N3O3S2. The normalized spacial score (nSPS) is 18.9. The van der Waals surface area contributed by atoms with E-state index in [1.807, 2.05) is 11.4 Å². The van der Waals surface area contributed by atoms with Crippen LogP contribution in [0.3, 0.4) is 0 Å². The van der Waals surface area contributed by atoms with Gasteiger partial charge in [0, 0.05) is 39.6 Å². The quantitative estimate of drug-likeness (QED) is 0.615. The Kier molecular flexibility index (Phi) is 5.82. The summed E-state index contributed by atoms with van der Waals surface area (Å²) in [4.78, 5) is 4.16. The van der Waals surface area contributed by atoms with Crippen molar-refractivity contribution in [2.24, 2.45) is 4.99 Å². The van der Waals surface area contributed by atoms with Crippen molar-refractivity contribution in [3.05, 3.63) is 22.4 Å². The third kappa shape index (κ3) is 4.21. The van der Waals surface area contributed by atoms with Crippen LogP contribution in [-0.4, -0.2) is 52.2 Å². The molecule has 0 saturated carbocycles. The van der Waals surface area contributed by atoms with Crippen LogP contribution < -0.4 is 10.6 Å². The first-order valence-electron chi connectivity index (χ1n) is 7.20. The van der Waals surface area contributed by atoms with Gasteiger partial charge in [-0.1, -0.05) is 0 Å². The Morgan fingerprint density at radius 2 is 2.14 bits per heavy atom. The van der Waals surface area contributed by atoms with Gasteiger partial charge in [0.1, 0.15) is 0 Å². The highest BCUT2D eigenvalue weighted by molar-refractivity contribution is 7.92. The second kappa shape index (κ2) is 7.43. The maximum Gasteiger partial charge on any atom is 0.191 e. The molecule has 1 aromatic heterocycles. The van der Waals surface area contributed by atoms with Gasteiger partial charge in [0.2, 0.25) is 0 Å². The van der Waals surface area contributed by atoms with Gasteiger partial charge < -0.3 is 15.4 Å². The summed E-state index contributed by atoms with van der Waals surface area (Å²) in [6, 6.07) is 2.04. The number of nitrogens with zero attached hydrogens (tertiary/aromatic N) is 1. The average Bonchev–Trinajstić information content (AvgIpc) is 3.00. The summed E-state index contributed by atoms with van der Waals surface area (Å²) >= 11 is 1.64. The molecule has 0 spiro atoms. The number of aliphatic imine (C=N–C) groups is 1. The van der Waals surface area contributed by atoms with Crippen LogP contribution in [0.25, 0.3) is 0 Å². The van der Waals surface area contributed by atoms with E-state index in [4.69, 9.17) is 4.74 Å². The maximum atomic E-state index is 12.2. The highest BCUT2D eigenvalue weighted by atomic mass is 32.2. The molecule has 8 heteroatoms. The predicted molar refractivity (Wildman–Crippen MR) is 90.1 cm³/mol. The van der Waals surface area contributed by atoms with Crippen molar-refractivity contribution >= 4 is 27.1 Å². The second-order valence-corrected chi connectivity index (χ2v) is 8.67. The first kappa shape index (κ1) is 17.2. The van der Waals surface area contributed by atoms with Crippen molar-refractivity contribution < 1.29 is 13.2 Å². The average molecular weight is 345 g/mol. The number of thiophene rings is 1. The molecule has 1 fully saturated rings. The summed E-state index contributed by atoms with van der Waals surface area (Å²) in [6.07, 6.45) is 2.34. The molecule has 0 aromatic carbocycles. The molecule has 2 N–H and O–H groups in total. The molecule has 0 aliphatic carbocycles. The van der Waals surface area contributed by atoms with Gasteiger partial charge in [0.15, 0.2) is 15.8 Å². The fraction of sp³-hybridized carbons (Fsp3) is 0.643. The Hall–Kier alpha value is -1.12. The molecule has 0 radical (unpaired) electrons.